The van der Waals surface area contributed by atoms with Gasteiger partial charge in [-0.15, -0.1) is 0 Å². The highest BCUT2D eigenvalue weighted by atomic mass is 19.4. The summed E-state index contributed by atoms with van der Waals surface area (Å²) in [6.45, 7) is -1.55. The standard InChI is InChI=1S/C15H14F3N3O3/c16-15(17,18)9-24-14(23)21-6-2-5-12(21)13(22)20-11-4-1-3-10(7-11)8-19/h1,3-4,7,12H,2,5-6,9H2,(H,20,22). The van der Waals surface area contributed by atoms with Crippen LogP contribution >= 0.6 is 0 Å². The fourth-order valence-electron chi connectivity index (χ4n) is 2.38. The van der Waals surface area contributed by atoms with Crippen LogP contribution in [0.3, 0.4) is 0 Å². The number of rotatable bonds is 3. The van der Waals surface area contributed by atoms with E-state index in [-0.39, 0.29) is 6.54 Å². The van der Waals surface area contributed by atoms with Crippen LogP contribution in [0, 0.1) is 11.3 Å². The number of anilines is 1. The molecule has 1 fully saturated rings. The zero-order chi connectivity index (χ0) is 17.7. The van der Waals surface area contributed by atoms with E-state index in [1.54, 1.807) is 18.2 Å². The minimum atomic E-state index is -4.62. The molecule has 0 bridgehead atoms. The third-order valence-electron chi connectivity index (χ3n) is 3.41. The van der Waals surface area contributed by atoms with Gasteiger partial charge in [-0.1, -0.05) is 6.07 Å². The molecule has 1 aliphatic rings. The van der Waals surface area contributed by atoms with Gasteiger partial charge >= 0.3 is 12.3 Å². The highest BCUT2D eigenvalue weighted by Crippen LogP contribution is 2.22. The molecule has 128 valence electrons. The first kappa shape index (κ1) is 17.6. The van der Waals surface area contributed by atoms with Crippen molar-refractivity contribution in [3.63, 3.8) is 0 Å². The Bertz CT molecular complexity index is 670. The molecule has 1 atom stereocenters. The molecule has 2 rings (SSSR count). The summed E-state index contributed by atoms with van der Waals surface area (Å²) in [7, 11) is 0. The summed E-state index contributed by atoms with van der Waals surface area (Å²) in [6.07, 6.45) is -4.98. The van der Waals surface area contributed by atoms with Gasteiger partial charge in [0.15, 0.2) is 6.61 Å². The van der Waals surface area contributed by atoms with Gasteiger partial charge < -0.3 is 10.1 Å². The smallest absolute Gasteiger partial charge is 0.422 e. The molecule has 0 saturated carbocycles. The molecule has 1 heterocycles. The largest absolute Gasteiger partial charge is 0.440 e. The number of benzene rings is 1. The van der Waals surface area contributed by atoms with Crippen molar-refractivity contribution in [2.45, 2.75) is 25.1 Å². The van der Waals surface area contributed by atoms with Crippen molar-refractivity contribution in [3.8, 4) is 6.07 Å². The molecule has 0 aliphatic carbocycles. The van der Waals surface area contributed by atoms with Crippen molar-refractivity contribution >= 4 is 17.7 Å². The molecule has 1 aromatic carbocycles. The van der Waals surface area contributed by atoms with E-state index in [4.69, 9.17) is 5.26 Å². The number of likely N-dealkylation sites (tertiary alicyclic amines) is 1. The van der Waals surface area contributed by atoms with E-state index in [1.165, 1.54) is 6.07 Å². The number of carbonyl (C=O) groups is 2. The van der Waals surface area contributed by atoms with Crippen molar-refractivity contribution in [2.24, 2.45) is 0 Å². The van der Waals surface area contributed by atoms with E-state index in [1.807, 2.05) is 6.07 Å². The molecule has 0 radical (unpaired) electrons. The normalized spacial score (nSPS) is 17.2. The first-order valence-electron chi connectivity index (χ1n) is 7.11. The summed E-state index contributed by atoms with van der Waals surface area (Å²) in [5.74, 6) is -0.536. The Balaban J connectivity index is 2.00. The quantitative estimate of drug-likeness (QED) is 0.916. The van der Waals surface area contributed by atoms with E-state index in [9.17, 15) is 22.8 Å². The molecule has 9 heteroatoms. The van der Waals surface area contributed by atoms with E-state index in [2.05, 4.69) is 10.1 Å². The SMILES string of the molecule is N#Cc1cccc(NC(=O)C2CCCN2C(=O)OCC(F)(F)F)c1. The number of hydrogen-bond acceptors (Lipinski definition) is 4. The molecule has 1 saturated heterocycles. The fraction of sp³-hybridized carbons (Fsp3) is 0.400. The molecule has 24 heavy (non-hydrogen) atoms. The van der Waals surface area contributed by atoms with Gasteiger partial charge in [-0.05, 0) is 31.0 Å². The van der Waals surface area contributed by atoms with E-state index in [0.29, 0.717) is 24.1 Å². The Morgan fingerprint density at radius 2 is 2.17 bits per heavy atom. The van der Waals surface area contributed by atoms with E-state index < -0.39 is 30.8 Å². The maximum atomic E-state index is 12.3. The summed E-state index contributed by atoms with van der Waals surface area (Å²) in [6, 6.07) is 7.19. The first-order valence-corrected chi connectivity index (χ1v) is 7.11. The predicted molar refractivity (Wildman–Crippen MR) is 76.9 cm³/mol. The molecule has 0 spiro atoms. The van der Waals surface area contributed by atoms with Crippen LogP contribution in [0.4, 0.5) is 23.7 Å². The van der Waals surface area contributed by atoms with Crippen molar-refractivity contribution in [1.29, 1.82) is 5.26 Å². The lowest BCUT2D eigenvalue weighted by Crippen LogP contribution is -2.44. The first-order chi connectivity index (χ1) is 11.3. The zero-order valence-electron chi connectivity index (χ0n) is 12.5. The molecule has 1 aliphatic heterocycles. The number of nitrogens with zero attached hydrogens (tertiary/aromatic N) is 2. The third kappa shape index (κ3) is 4.62. The Labute approximate surface area is 135 Å². The Morgan fingerprint density at radius 1 is 1.42 bits per heavy atom. The summed E-state index contributed by atoms with van der Waals surface area (Å²) in [5, 5.41) is 11.4. The molecular formula is C15H14F3N3O3. The summed E-state index contributed by atoms with van der Waals surface area (Å²) < 4.78 is 40.5. The highest BCUT2D eigenvalue weighted by Gasteiger charge is 2.37. The summed E-state index contributed by atoms with van der Waals surface area (Å²) in [5.41, 5.74) is 0.718. The van der Waals surface area contributed by atoms with Crippen LogP contribution in [0.25, 0.3) is 0 Å². The van der Waals surface area contributed by atoms with Gasteiger partial charge in [-0.2, -0.15) is 18.4 Å². The van der Waals surface area contributed by atoms with Gasteiger partial charge in [0.25, 0.3) is 0 Å². The Morgan fingerprint density at radius 3 is 2.83 bits per heavy atom. The topological polar surface area (TPSA) is 82.4 Å². The number of alkyl halides is 3. The molecule has 1 aromatic rings. The van der Waals surface area contributed by atoms with Crippen LogP contribution < -0.4 is 5.32 Å². The van der Waals surface area contributed by atoms with Crippen molar-refractivity contribution in [3.05, 3.63) is 29.8 Å². The fourth-order valence-corrected chi connectivity index (χ4v) is 2.38. The Hall–Kier alpha value is -2.76. The number of nitrogens with one attached hydrogen (secondary N) is 1. The molecular weight excluding hydrogens is 327 g/mol. The maximum absolute atomic E-state index is 12.3. The average molecular weight is 341 g/mol. The minimum Gasteiger partial charge on any atom is -0.440 e. The number of ether oxygens (including phenoxy) is 1. The number of hydrogen-bond donors (Lipinski definition) is 1. The molecule has 1 N–H and O–H groups in total. The van der Waals surface area contributed by atoms with Crippen LogP contribution in [0.5, 0.6) is 0 Å². The maximum Gasteiger partial charge on any atom is 0.422 e. The minimum absolute atomic E-state index is 0.146. The Kier molecular flexibility index (Phi) is 5.28. The second-order valence-electron chi connectivity index (χ2n) is 5.20. The number of nitriles is 1. The van der Waals surface area contributed by atoms with Crippen LogP contribution in [0.15, 0.2) is 24.3 Å². The zero-order valence-corrected chi connectivity index (χ0v) is 12.5. The second kappa shape index (κ2) is 7.21. The number of halogens is 3. The third-order valence-corrected chi connectivity index (χ3v) is 3.41. The van der Waals surface area contributed by atoms with Crippen LogP contribution in [0.1, 0.15) is 18.4 Å². The van der Waals surface area contributed by atoms with Gasteiger partial charge in [-0.25, -0.2) is 4.79 Å². The van der Waals surface area contributed by atoms with Crippen LogP contribution in [-0.2, 0) is 9.53 Å². The molecule has 1 unspecified atom stereocenters. The predicted octanol–water partition coefficient (Wildman–Crippen LogP) is 2.66. The highest BCUT2D eigenvalue weighted by molar-refractivity contribution is 5.97. The lowest BCUT2D eigenvalue weighted by molar-refractivity contribution is -0.162. The molecule has 2 amide bonds. The van der Waals surface area contributed by atoms with Gasteiger partial charge in [0.05, 0.1) is 11.6 Å². The van der Waals surface area contributed by atoms with Gasteiger partial charge in [-0.3, -0.25) is 9.69 Å². The van der Waals surface area contributed by atoms with Crippen molar-refractivity contribution < 1.29 is 27.5 Å². The van der Waals surface area contributed by atoms with Gasteiger partial charge in [0.1, 0.15) is 6.04 Å². The molecule has 0 aromatic heterocycles. The average Bonchev–Trinajstić information content (AvgIpc) is 3.02. The van der Waals surface area contributed by atoms with E-state index in [0.717, 1.165) is 4.90 Å². The monoisotopic (exact) mass is 341 g/mol. The van der Waals surface area contributed by atoms with Crippen LogP contribution in [-0.4, -0.2) is 42.3 Å². The van der Waals surface area contributed by atoms with Crippen LogP contribution in [0.2, 0.25) is 0 Å². The lowest BCUT2D eigenvalue weighted by Gasteiger charge is -2.23. The lowest BCUT2D eigenvalue weighted by atomic mass is 10.2. The summed E-state index contributed by atoms with van der Waals surface area (Å²) in [4.78, 5) is 25.0. The van der Waals surface area contributed by atoms with Gasteiger partial charge in [0, 0.05) is 12.2 Å². The summed E-state index contributed by atoms with van der Waals surface area (Å²) >= 11 is 0. The number of carbonyl (C=O) groups excluding carboxylic acids is 2. The van der Waals surface area contributed by atoms with Crippen molar-refractivity contribution in [1.82, 2.24) is 4.90 Å². The van der Waals surface area contributed by atoms with Crippen molar-refractivity contribution in [2.75, 3.05) is 18.5 Å². The van der Waals surface area contributed by atoms with E-state index >= 15 is 0 Å². The molecule has 6 nitrogen and oxygen atoms in total. The second-order valence-corrected chi connectivity index (χ2v) is 5.20. The number of amides is 2. The van der Waals surface area contributed by atoms with Gasteiger partial charge in [0.2, 0.25) is 5.91 Å².